The van der Waals surface area contributed by atoms with Crippen LogP contribution in [0.4, 0.5) is 5.69 Å². The lowest BCUT2D eigenvalue weighted by Gasteiger charge is -2.35. The van der Waals surface area contributed by atoms with Crippen LogP contribution in [0.25, 0.3) is 0 Å². The zero-order chi connectivity index (χ0) is 22.6. The molecule has 2 aromatic rings. The van der Waals surface area contributed by atoms with Gasteiger partial charge in [-0.25, -0.2) is 8.42 Å². The monoisotopic (exact) mass is 448 g/mol. The summed E-state index contributed by atoms with van der Waals surface area (Å²) in [6.07, 6.45) is -0.341. The molecule has 1 amide bonds. The normalized spacial score (nSPS) is 16.6. The van der Waals surface area contributed by atoms with Crippen molar-refractivity contribution < 1.29 is 27.4 Å². The second kappa shape index (κ2) is 9.47. The van der Waals surface area contributed by atoms with E-state index in [4.69, 9.17) is 14.2 Å². The third-order valence-corrected chi connectivity index (χ3v) is 7.01. The van der Waals surface area contributed by atoms with Crippen molar-refractivity contribution in [3.63, 3.8) is 0 Å². The van der Waals surface area contributed by atoms with Crippen LogP contribution in [0.1, 0.15) is 31.9 Å². The predicted octanol–water partition coefficient (Wildman–Crippen LogP) is 2.89. The maximum absolute atomic E-state index is 13.1. The molecule has 2 aromatic carbocycles. The largest absolute Gasteiger partial charge is 0.493 e. The first-order valence-corrected chi connectivity index (χ1v) is 11.7. The van der Waals surface area contributed by atoms with Gasteiger partial charge in [-0.05, 0) is 43.2 Å². The van der Waals surface area contributed by atoms with E-state index in [0.717, 1.165) is 5.56 Å². The maximum atomic E-state index is 13.1. The molecule has 31 heavy (non-hydrogen) atoms. The summed E-state index contributed by atoms with van der Waals surface area (Å²) in [5.74, 6) is 1.08. The molecule has 9 heteroatoms. The molecule has 0 bridgehead atoms. The van der Waals surface area contributed by atoms with Crippen molar-refractivity contribution in [3.8, 4) is 17.2 Å². The van der Waals surface area contributed by atoms with Crippen molar-refractivity contribution in [2.75, 3.05) is 30.8 Å². The van der Waals surface area contributed by atoms with E-state index in [9.17, 15) is 13.2 Å². The smallest absolute Gasteiger partial charge is 0.263 e. The number of nitrogens with one attached hydrogen (secondary N) is 1. The van der Waals surface area contributed by atoms with Gasteiger partial charge < -0.3 is 19.5 Å². The second-order valence-electron chi connectivity index (χ2n) is 7.09. The Morgan fingerprint density at radius 3 is 2.52 bits per heavy atom. The SMILES string of the molecule is CC[C@@H](NC(=O)[C@H]1CN(S(=O)(=O)CC)c2ccccc2O1)c1ccc(OC)c(OC)c1. The number of hydrogen-bond acceptors (Lipinski definition) is 6. The van der Waals surface area contributed by atoms with Crippen molar-refractivity contribution in [3.05, 3.63) is 48.0 Å². The standard InChI is InChI=1S/C22H28N2O6S/c1-5-16(15-11-12-19(28-3)20(13-15)29-4)23-22(25)21-14-24(31(26,27)6-2)17-9-7-8-10-18(17)30-21/h7-13,16,21H,5-6,14H2,1-4H3,(H,23,25)/t16-,21-/m1/s1. The maximum Gasteiger partial charge on any atom is 0.263 e. The molecule has 1 N–H and O–H groups in total. The van der Waals surface area contributed by atoms with Gasteiger partial charge in [0.25, 0.3) is 5.91 Å². The van der Waals surface area contributed by atoms with Gasteiger partial charge in [-0.15, -0.1) is 0 Å². The summed E-state index contributed by atoms with van der Waals surface area (Å²) in [5, 5.41) is 2.98. The fourth-order valence-corrected chi connectivity index (χ4v) is 4.64. The molecular formula is C22H28N2O6S. The molecule has 8 nitrogen and oxygen atoms in total. The molecule has 3 rings (SSSR count). The summed E-state index contributed by atoms with van der Waals surface area (Å²) < 4.78 is 43.0. The van der Waals surface area contributed by atoms with Gasteiger partial charge in [0.15, 0.2) is 17.6 Å². The van der Waals surface area contributed by atoms with Gasteiger partial charge >= 0.3 is 0 Å². The van der Waals surface area contributed by atoms with Crippen LogP contribution in [0, 0.1) is 0 Å². The Labute approximate surface area is 183 Å². The molecule has 2 atom stereocenters. The van der Waals surface area contributed by atoms with Crippen molar-refractivity contribution in [1.82, 2.24) is 5.32 Å². The topological polar surface area (TPSA) is 94.2 Å². The first kappa shape index (κ1) is 22.7. The predicted molar refractivity (Wildman–Crippen MR) is 118 cm³/mol. The van der Waals surface area contributed by atoms with Crippen molar-refractivity contribution in [2.45, 2.75) is 32.4 Å². The van der Waals surface area contributed by atoms with Crippen molar-refractivity contribution in [1.29, 1.82) is 0 Å². The Balaban J connectivity index is 1.84. The molecule has 168 valence electrons. The van der Waals surface area contributed by atoms with E-state index in [0.29, 0.717) is 29.4 Å². The molecule has 1 heterocycles. The number of rotatable bonds is 8. The number of para-hydroxylation sites is 2. The lowest BCUT2D eigenvalue weighted by Crippen LogP contribution is -2.51. The van der Waals surface area contributed by atoms with Crippen molar-refractivity contribution >= 4 is 21.6 Å². The Bertz CT molecular complexity index is 1040. The number of nitrogens with zero attached hydrogens (tertiary/aromatic N) is 1. The molecule has 0 aromatic heterocycles. The zero-order valence-corrected chi connectivity index (χ0v) is 18.9. The summed E-state index contributed by atoms with van der Waals surface area (Å²) in [7, 11) is -0.448. The molecule has 0 unspecified atom stereocenters. The highest BCUT2D eigenvalue weighted by molar-refractivity contribution is 7.92. The second-order valence-corrected chi connectivity index (χ2v) is 9.27. The average molecular weight is 449 g/mol. The van der Waals surface area contributed by atoms with Crippen molar-refractivity contribution in [2.24, 2.45) is 0 Å². The average Bonchev–Trinajstić information content (AvgIpc) is 2.81. The number of fused-ring (bicyclic) bond motifs is 1. The van der Waals surface area contributed by atoms with Crippen LogP contribution in [0.3, 0.4) is 0 Å². The summed E-state index contributed by atoms with van der Waals surface area (Å²) in [6, 6.07) is 12.0. The first-order chi connectivity index (χ1) is 14.8. The summed E-state index contributed by atoms with van der Waals surface area (Å²) in [6.45, 7) is 3.45. The number of methoxy groups -OCH3 is 2. The number of benzene rings is 2. The number of anilines is 1. The third kappa shape index (κ3) is 4.71. The molecule has 0 radical (unpaired) electrons. The van der Waals surface area contributed by atoms with Gasteiger partial charge in [-0.3, -0.25) is 9.10 Å². The number of carbonyl (C=O) groups excluding carboxylic acids is 1. The quantitative estimate of drug-likeness (QED) is 0.667. The van der Waals surface area contributed by atoms with Gasteiger partial charge in [-0.2, -0.15) is 0 Å². The fraction of sp³-hybridized carbons (Fsp3) is 0.409. The molecule has 0 saturated carbocycles. The highest BCUT2D eigenvalue weighted by atomic mass is 32.2. The minimum absolute atomic E-state index is 0.0705. The van der Waals surface area contributed by atoms with E-state index >= 15 is 0 Å². The minimum atomic E-state index is -3.56. The fourth-order valence-electron chi connectivity index (χ4n) is 3.51. The first-order valence-electron chi connectivity index (χ1n) is 10.1. The van der Waals surface area contributed by atoms with Gasteiger partial charge in [0.1, 0.15) is 5.75 Å². The van der Waals surface area contributed by atoms with Crippen LogP contribution in [0.15, 0.2) is 42.5 Å². The summed E-state index contributed by atoms with van der Waals surface area (Å²) in [5.41, 5.74) is 1.29. The van der Waals surface area contributed by atoms with Gasteiger partial charge in [-0.1, -0.05) is 25.1 Å². The van der Waals surface area contributed by atoms with Crippen LogP contribution in [0.2, 0.25) is 0 Å². The van der Waals surface area contributed by atoms with E-state index < -0.39 is 16.1 Å². The highest BCUT2D eigenvalue weighted by Crippen LogP contribution is 2.35. The van der Waals surface area contributed by atoms with Gasteiger partial charge in [0, 0.05) is 0 Å². The molecule has 0 saturated heterocycles. The van der Waals surface area contributed by atoms with Crippen LogP contribution in [0.5, 0.6) is 17.2 Å². The molecule has 1 aliphatic rings. The van der Waals surface area contributed by atoms with Crippen LogP contribution in [-0.4, -0.2) is 46.9 Å². The van der Waals surface area contributed by atoms with Gasteiger partial charge in [0.2, 0.25) is 10.0 Å². The highest BCUT2D eigenvalue weighted by Gasteiger charge is 2.36. The van der Waals surface area contributed by atoms with E-state index in [1.165, 1.54) is 4.31 Å². The van der Waals surface area contributed by atoms with Gasteiger partial charge in [0.05, 0.1) is 38.2 Å². The number of carbonyl (C=O) groups is 1. The molecular weight excluding hydrogens is 420 g/mol. The van der Waals surface area contributed by atoms with E-state index in [-0.39, 0.29) is 24.2 Å². The lowest BCUT2D eigenvalue weighted by molar-refractivity contribution is -0.128. The number of ether oxygens (including phenoxy) is 3. The van der Waals surface area contributed by atoms with E-state index in [1.54, 1.807) is 51.5 Å². The Hall–Kier alpha value is -2.94. The molecule has 1 aliphatic heterocycles. The Kier molecular flexibility index (Phi) is 6.94. The van der Waals surface area contributed by atoms with Crippen LogP contribution >= 0.6 is 0 Å². The summed E-state index contributed by atoms with van der Waals surface area (Å²) in [4.78, 5) is 13.1. The lowest BCUT2D eigenvalue weighted by atomic mass is 10.0. The zero-order valence-electron chi connectivity index (χ0n) is 18.1. The molecule has 0 aliphatic carbocycles. The number of sulfonamides is 1. The molecule has 0 spiro atoms. The minimum Gasteiger partial charge on any atom is -0.493 e. The third-order valence-electron chi connectivity index (χ3n) is 5.26. The Morgan fingerprint density at radius 1 is 1.16 bits per heavy atom. The van der Waals surface area contributed by atoms with E-state index in [2.05, 4.69) is 5.32 Å². The number of amides is 1. The van der Waals surface area contributed by atoms with Crippen LogP contribution < -0.4 is 23.8 Å². The summed E-state index contributed by atoms with van der Waals surface area (Å²) >= 11 is 0. The van der Waals surface area contributed by atoms with E-state index in [1.807, 2.05) is 19.1 Å². The van der Waals surface area contributed by atoms with Crippen LogP contribution in [-0.2, 0) is 14.8 Å². The molecule has 0 fully saturated rings. The Morgan fingerprint density at radius 2 is 1.87 bits per heavy atom. The number of hydrogen-bond donors (Lipinski definition) is 1.